The van der Waals surface area contributed by atoms with Crippen molar-refractivity contribution in [2.24, 2.45) is 0 Å². The van der Waals surface area contributed by atoms with E-state index in [1.165, 1.54) is 0 Å². The second-order valence-electron chi connectivity index (χ2n) is 7.85. The van der Waals surface area contributed by atoms with Crippen molar-refractivity contribution in [1.82, 2.24) is 10.6 Å². The summed E-state index contributed by atoms with van der Waals surface area (Å²) in [7, 11) is 0. The van der Waals surface area contributed by atoms with Gasteiger partial charge in [-0.05, 0) is 61.2 Å². The first-order valence-electron chi connectivity index (χ1n) is 10.9. The number of benzene rings is 3. The van der Waals surface area contributed by atoms with Gasteiger partial charge in [0.2, 0.25) is 0 Å². The average Bonchev–Trinajstić information content (AvgIpc) is 2.82. The number of rotatable bonds is 6. The highest BCUT2D eigenvalue weighted by atomic mass is 16.5. The zero-order chi connectivity index (χ0) is 23.4. The molecule has 3 aromatic carbocycles. The first-order valence-corrected chi connectivity index (χ1v) is 10.9. The number of aryl methyl sites for hydroxylation is 2. The fraction of sp³-hybridized carbons (Fsp3) is 0.185. The Labute approximate surface area is 193 Å². The summed E-state index contributed by atoms with van der Waals surface area (Å²) < 4.78 is 11.4. The molecule has 33 heavy (non-hydrogen) atoms. The quantitative estimate of drug-likeness (QED) is 0.500. The predicted molar refractivity (Wildman–Crippen MR) is 127 cm³/mol. The molecule has 0 fully saturated rings. The Balaban J connectivity index is 1.70. The molecule has 0 radical (unpaired) electrons. The normalized spacial score (nSPS) is 15.5. The van der Waals surface area contributed by atoms with E-state index in [-0.39, 0.29) is 12.6 Å². The smallest absolute Gasteiger partial charge is 0.338 e. The number of nitrogens with one attached hydrogen (secondary N) is 2. The number of hydrogen-bond donors (Lipinski definition) is 2. The lowest BCUT2D eigenvalue weighted by atomic mass is 9.92. The van der Waals surface area contributed by atoms with Crippen LogP contribution in [0.1, 0.15) is 35.2 Å². The molecule has 168 valence electrons. The third-order valence-corrected chi connectivity index (χ3v) is 5.41. The molecule has 0 saturated carbocycles. The van der Waals surface area contributed by atoms with E-state index in [9.17, 15) is 9.59 Å². The van der Waals surface area contributed by atoms with E-state index >= 15 is 0 Å². The molecule has 1 aliphatic heterocycles. The fourth-order valence-corrected chi connectivity index (χ4v) is 3.75. The van der Waals surface area contributed by atoms with Crippen molar-refractivity contribution < 1.29 is 19.1 Å². The van der Waals surface area contributed by atoms with Gasteiger partial charge < -0.3 is 20.1 Å². The summed E-state index contributed by atoms with van der Waals surface area (Å²) in [6.45, 7) is 6.00. The first-order chi connectivity index (χ1) is 16.0. The topological polar surface area (TPSA) is 76.7 Å². The van der Waals surface area contributed by atoms with Crippen molar-refractivity contribution in [3.05, 3.63) is 101 Å². The molecule has 0 aliphatic carbocycles. The second kappa shape index (κ2) is 9.61. The Morgan fingerprint density at radius 1 is 0.970 bits per heavy atom. The maximum atomic E-state index is 13.0. The molecule has 3 aromatic rings. The average molecular weight is 443 g/mol. The SMILES string of the molecule is CCOC(=O)C1=C(c2ccccc2)NC(=O)NC1c1ccc(Oc2cc(C)ccc2C)cc1. The lowest BCUT2D eigenvalue weighted by molar-refractivity contribution is -0.138. The number of hydrogen-bond acceptors (Lipinski definition) is 4. The van der Waals surface area contributed by atoms with Crippen LogP contribution in [0.3, 0.4) is 0 Å². The van der Waals surface area contributed by atoms with Gasteiger partial charge >= 0.3 is 12.0 Å². The largest absolute Gasteiger partial charge is 0.463 e. The minimum Gasteiger partial charge on any atom is -0.463 e. The van der Waals surface area contributed by atoms with Crippen molar-refractivity contribution >= 4 is 17.7 Å². The zero-order valence-electron chi connectivity index (χ0n) is 18.8. The van der Waals surface area contributed by atoms with Crippen LogP contribution in [0.5, 0.6) is 11.5 Å². The standard InChI is InChI=1S/C27H26N2O4/c1-4-32-26(30)23-24(19-8-6-5-7-9-19)28-27(31)29-25(23)20-12-14-21(15-13-20)33-22-16-17(2)10-11-18(22)3/h5-16,25H,4H2,1-3H3,(H2,28,29,31). The molecule has 0 bridgehead atoms. The van der Waals surface area contributed by atoms with Crippen molar-refractivity contribution in [2.75, 3.05) is 6.61 Å². The minimum absolute atomic E-state index is 0.230. The van der Waals surface area contributed by atoms with Crippen molar-refractivity contribution in [1.29, 1.82) is 0 Å². The van der Waals surface area contributed by atoms with E-state index in [0.717, 1.165) is 28.0 Å². The van der Waals surface area contributed by atoms with Gasteiger partial charge in [-0.3, -0.25) is 0 Å². The van der Waals surface area contributed by atoms with Crippen molar-refractivity contribution in [3.63, 3.8) is 0 Å². The van der Waals surface area contributed by atoms with Crippen LogP contribution in [0.25, 0.3) is 5.70 Å². The Bertz CT molecular complexity index is 1200. The predicted octanol–water partition coefficient (Wildman–Crippen LogP) is 5.42. The second-order valence-corrected chi connectivity index (χ2v) is 7.85. The molecule has 6 heteroatoms. The van der Waals surface area contributed by atoms with E-state index in [0.29, 0.717) is 17.0 Å². The third kappa shape index (κ3) is 4.90. The summed E-state index contributed by atoms with van der Waals surface area (Å²) in [6.07, 6.45) is 0. The summed E-state index contributed by atoms with van der Waals surface area (Å²) in [5.41, 5.74) is 4.42. The molecular formula is C27H26N2O4. The Morgan fingerprint density at radius 3 is 2.39 bits per heavy atom. The Hall–Kier alpha value is -4.06. The molecule has 2 N–H and O–H groups in total. The Kier molecular flexibility index (Phi) is 6.45. The van der Waals surface area contributed by atoms with Crippen LogP contribution in [-0.2, 0) is 9.53 Å². The van der Waals surface area contributed by atoms with Crippen LogP contribution in [0.4, 0.5) is 4.79 Å². The molecule has 6 nitrogen and oxygen atoms in total. The fourth-order valence-electron chi connectivity index (χ4n) is 3.75. The molecule has 4 rings (SSSR count). The van der Waals surface area contributed by atoms with Crippen LogP contribution in [-0.4, -0.2) is 18.6 Å². The molecular weight excluding hydrogens is 416 g/mol. The van der Waals surface area contributed by atoms with Gasteiger partial charge in [0.05, 0.1) is 23.9 Å². The molecule has 1 heterocycles. The monoisotopic (exact) mass is 442 g/mol. The van der Waals surface area contributed by atoms with Gasteiger partial charge in [-0.1, -0.05) is 54.6 Å². The Morgan fingerprint density at radius 2 is 1.70 bits per heavy atom. The van der Waals surface area contributed by atoms with E-state index in [1.807, 2.05) is 86.6 Å². The summed E-state index contributed by atoms with van der Waals surface area (Å²) in [6, 6.07) is 21.6. The number of carbonyl (C=O) groups is 2. The highest BCUT2D eigenvalue weighted by molar-refractivity contribution is 6.04. The van der Waals surface area contributed by atoms with Crippen molar-refractivity contribution in [2.45, 2.75) is 26.8 Å². The summed E-state index contributed by atoms with van der Waals surface area (Å²) in [4.78, 5) is 25.5. The molecule has 1 unspecified atom stereocenters. The van der Waals surface area contributed by atoms with E-state index < -0.39 is 12.0 Å². The number of esters is 1. The molecule has 0 saturated heterocycles. The van der Waals surface area contributed by atoms with E-state index in [1.54, 1.807) is 6.92 Å². The number of carbonyl (C=O) groups excluding carboxylic acids is 2. The third-order valence-electron chi connectivity index (χ3n) is 5.41. The van der Waals surface area contributed by atoms with Crippen molar-refractivity contribution in [3.8, 4) is 11.5 Å². The number of urea groups is 1. The van der Waals surface area contributed by atoms with Gasteiger partial charge in [0.15, 0.2) is 0 Å². The lowest BCUT2D eigenvalue weighted by Gasteiger charge is -2.29. The van der Waals surface area contributed by atoms with Gasteiger partial charge in [-0.15, -0.1) is 0 Å². The van der Waals surface area contributed by atoms with Gasteiger partial charge in [-0.25, -0.2) is 9.59 Å². The maximum absolute atomic E-state index is 13.0. The van der Waals surface area contributed by atoms with Crippen LogP contribution >= 0.6 is 0 Å². The van der Waals surface area contributed by atoms with Crippen LogP contribution in [0.2, 0.25) is 0 Å². The van der Waals surface area contributed by atoms with E-state index in [2.05, 4.69) is 10.6 Å². The number of ether oxygens (including phenoxy) is 2. The van der Waals surface area contributed by atoms with E-state index in [4.69, 9.17) is 9.47 Å². The molecule has 2 amide bonds. The first kappa shape index (κ1) is 22.1. The molecule has 0 aromatic heterocycles. The van der Waals surface area contributed by atoms with Gasteiger partial charge in [0.1, 0.15) is 11.5 Å². The lowest BCUT2D eigenvalue weighted by Crippen LogP contribution is -2.45. The van der Waals surface area contributed by atoms with Gasteiger partial charge in [-0.2, -0.15) is 0 Å². The molecule has 1 aliphatic rings. The van der Waals surface area contributed by atoms with Gasteiger partial charge in [0.25, 0.3) is 0 Å². The molecule has 1 atom stereocenters. The van der Waals surface area contributed by atoms with Crippen LogP contribution in [0, 0.1) is 13.8 Å². The number of amides is 2. The maximum Gasteiger partial charge on any atom is 0.338 e. The molecule has 0 spiro atoms. The summed E-state index contributed by atoms with van der Waals surface area (Å²) in [5.74, 6) is 0.971. The minimum atomic E-state index is -0.664. The highest BCUT2D eigenvalue weighted by Gasteiger charge is 2.34. The highest BCUT2D eigenvalue weighted by Crippen LogP contribution is 2.33. The summed E-state index contributed by atoms with van der Waals surface area (Å²) in [5, 5.41) is 5.64. The zero-order valence-corrected chi connectivity index (χ0v) is 18.8. The van der Waals surface area contributed by atoms with Gasteiger partial charge in [0, 0.05) is 0 Å². The van der Waals surface area contributed by atoms with Crippen LogP contribution < -0.4 is 15.4 Å². The van der Waals surface area contributed by atoms with Crippen LogP contribution in [0.15, 0.2) is 78.4 Å². The summed E-state index contributed by atoms with van der Waals surface area (Å²) >= 11 is 0.